The second-order valence-electron chi connectivity index (χ2n) is 6.12. The third kappa shape index (κ3) is 4.86. The van der Waals surface area contributed by atoms with Crippen molar-refractivity contribution in [2.45, 2.75) is 23.1 Å². The van der Waals surface area contributed by atoms with Crippen LogP contribution >= 0.6 is 11.8 Å². The first kappa shape index (κ1) is 18.5. The van der Waals surface area contributed by atoms with Crippen LogP contribution in [0.25, 0.3) is 0 Å². The van der Waals surface area contributed by atoms with E-state index in [0.717, 1.165) is 11.3 Å². The molecule has 0 spiro atoms. The zero-order valence-corrected chi connectivity index (χ0v) is 15.2. The molecule has 1 atom stereocenters. The van der Waals surface area contributed by atoms with Gasteiger partial charge >= 0.3 is 5.97 Å². The molecule has 1 N–H and O–H groups in total. The van der Waals surface area contributed by atoms with Crippen LogP contribution in [0.1, 0.15) is 22.3 Å². The number of thioether (sulfide) groups is 1. The first-order valence-electron chi connectivity index (χ1n) is 8.51. The molecule has 1 aliphatic rings. The Labute approximate surface area is 157 Å². The molecule has 0 bridgehead atoms. The highest BCUT2D eigenvalue weighted by atomic mass is 32.2. The number of rotatable bonds is 6. The summed E-state index contributed by atoms with van der Waals surface area (Å²) in [5.74, 6) is -0.231. The molecule has 0 saturated carbocycles. The van der Waals surface area contributed by atoms with Crippen molar-refractivity contribution in [3.8, 4) is 0 Å². The fourth-order valence-corrected chi connectivity index (χ4v) is 3.76. The summed E-state index contributed by atoms with van der Waals surface area (Å²) in [5.41, 5.74) is 1.72. The fraction of sp³-hybridized carbons (Fsp3) is 0.300. The van der Waals surface area contributed by atoms with E-state index in [2.05, 4.69) is 12.1 Å². The predicted molar refractivity (Wildman–Crippen MR) is 100 cm³/mol. The summed E-state index contributed by atoms with van der Waals surface area (Å²) in [6, 6.07) is 17.3. The standard InChI is InChI=1S/C20H21NO4S/c22-19(23)12-17-13-25-11-10-21(17)20(24)16-8-6-15(7-9-16)14-26-18-4-2-1-3-5-18/h1-9,17H,10-14H2,(H,22,23). The highest BCUT2D eigenvalue weighted by Gasteiger charge is 2.29. The lowest BCUT2D eigenvalue weighted by molar-refractivity contribution is -0.139. The maximum Gasteiger partial charge on any atom is 0.305 e. The number of carbonyl (C=O) groups excluding carboxylic acids is 1. The monoisotopic (exact) mass is 371 g/mol. The molecule has 5 nitrogen and oxygen atoms in total. The van der Waals surface area contributed by atoms with E-state index in [9.17, 15) is 9.59 Å². The number of carboxylic acids is 1. The summed E-state index contributed by atoms with van der Waals surface area (Å²) in [4.78, 5) is 26.6. The van der Waals surface area contributed by atoms with Gasteiger partial charge in [0.2, 0.25) is 0 Å². The van der Waals surface area contributed by atoms with Crippen molar-refractivity contribution in [2.24, 2.45) is 0 Å². The Kier molecular flexibility index (Phi) is 6.30. The first-order valence-corrected chi connectivity index (χ1v) is 9.49. The highest BCUT2D eigenvalue weighted by Crippen LogP contribution is 2.23. The molecule has 3 rings (SSSR count). The van der Waals surface area contributed by atoms with Gasteiger partial charge in [-0.15, -0.1) is 11.8 Å². The first-order chi connectivity index (χ1) is 12.6. The normalized spacial score (nSPS) is 17.1. The van der Waals surface area contributed by atoms with Gasteiger partial charge in [-0.05, 0) is 29.8 Å². The van der Waals surface area contributed by atoms with E-state index < -0.39 is 12.0 Å². The molecule has 6 heteroatoms. The Morgan fingerprint density at radius 2 is 1.85 bits per heavy atom. The van der Waals surface area contributed by atoms with Crippen LogP contribution in [0.3, 0.4) is 0 Å². The average Bonchev–Trinajstić information content (AvgIpc) is 2.67. The van der Waals surface area contributed by atoms with Crippen molar-refractivity contribution >= 4 is 23.6 Å². The van der Waals surface area contributed by atoms with Gasteiger partial charge in [-0.1, -0.05) is 30.3 Å². The lowest BCUT2D eigenvalue weighted by Crippen LogP contribution is -2.49. The summed E-state index contributed by atoms with van der Waals surface area (Å²) >= 11 is 1.75. The largest absolute Gasteiger partial charge is 0.481 e. The Morgan fingerprint density at radius 3 is 2.54 bits per heavy atom. The number of aliphatic carboxylic acids is 1. The molecule has 0 aromatic heterocycles. The summed E-state index contributed by atoms with van der Waals surface area (Å²) < 4.78 is 5.33. The number of carboxylic acid groups (broad SMARTS) is 1. The topological polar surface area (TPSA) is 66.8 Å². The molecule has 1 heterocycles. The third-order valence-electron chi connectivity index (χ3n) is 4.25. The number of carbonyl (C=O) groups is 2. The zero-order chi connectivity index (χ0) is 18.4. The van der Waals surface area contributed by atoms with E-state index in [1.807, 2.05) is 42.5 Å². The van der Waals surface area contributed by atoms with Crippen LogP contribution in [0.15, 0.2) is 59.5 Å². The summed E-state index contributed by atoms with van der Waals surface area (Å²) in [7, 11) is 0. The van der Waals surface area contributed by atoms with Crippen molar-refractivity contribution in [3.63, 3.8) is 0 Å². The van der Waals surface area contributed by atoms with Gasteiger partial charge in [0.05, 0.1) is 25.7 Å². The molecule has 26 heavy (non-hydrogen) atoms. The predicted octanol–water partition coefficient (Wildman–Crippen LogP) is 3.29. The summed E-state index contributed by atoms with van der Waals surface area (Å²) in [6.07, 6.45) is -0.0997. The van der Waals surface area contributed by atoms with Crippen molar-refractivity contribution in [2.75, 3.05) is 19.8 Å². The molecule has 1 amide bonds. The van der Waals surface area contributed by atoms with E-state index in [0.29, 0.717) is 18.7 Å². The second kappa shape index (κ2) is 8.87. The van der Waals surface area contributed by atoms with Gasteiger partial charge < -0.3 is 14.7 Å². The molecule has 1 saturated heterocycles. The van der Waals surface area contributed by atoms with Gasteiger partial charge in [-0.2, -0.15) is 0 Å². The maximum absolute atomic E-state index is 12.8. The number of hydrogen-bond acceptors (Lipinski definition) is 4. The number of amides is 1. The molecular weight excluding hydrogens is 350 g/mol. The van der Waals surface area contributed by atoms with Crippen LogP contribution in [0.4, 0.5) is 0 Å². The fourth-order valence-electron chi connectivity index (χ4n) is 2.89. The minimum Gasteiger partial charge on any atom is -0.481 e. The Hall–Kier alpha value is -2.31. The lowest BCUT2D eigenvalue weighted by atomic mass is 10.1. The van der Waals surface area contributed by atoms with Crippen molar-refractivity contribution < 1.29 is 19.4 Å². The summed E-state index contributed by atoms with van der Waals surface area (Å²) in [5, 5.41) is 9.03. The van der Waals surface area contributed by atoms with E-state index in [-0.39, 0.29) is 18.9 Å². The van der Waals surface area contributed by atoms with Crippen molar-refractivity contribution in [1.82, 2.24) is 4.90 Å². The van der Waals surface area contributed by atoms with Gasteiger partial charge in [0.25, 0.3) is 5.91 Å². The molecule has 2 aromatic rings. The van der Waals surface area contributed by atoms with Gasteiger partial charge in [-0.25, -0.2) is 0 Å². The van der Waals surface area contributed by atoms with Crippen molar-refractivity contribution in [1.29, 1.82) is 0 Å². The highest BCUT2D eigenvalue weighted by molar-refractivity contribution is 7.98. The minimum absolute atomic E-state index is 0.0997. The van der Waals surface area contributed by atoms with E-state index in [1.165, 1.54) is 4.90 Å². The lowest BCUT2D eigenvalue weighted by Gasteiger charge is -2.34. The molecule has 0 radical (unpaired) electrons. The van der Waals surface area contributed by atoms with Crippen molar-refractivity contribution in [3.05, 3.63) is 65.7 Å². The molecule has 0 aliphatic carbocycles. The third-order valence-corrected chi connectivity index (χ3v) is 5.33. The maximum atomic E-state index is 12.8. The minimum atomic E-state index is -0.924. The van der Waals surface area contributed by atoms with Crippen LogP contribution in [-0.4, -0.2) is 47.7 Å². The number of nitrogens with zero attached hydrogens (tertiary/aromatic N) is 1. The van der Waals surface area contributed by atoms with Gasteiger partial charge in [-0.3, -0.25) is 9.59 Å². The molecule has 136 valence electrons. The average molecular weight is 371 g/mol. The number of morpholine rings is 1. The summed E-state index contributed by atoms with van der Waals surface area (Å²) in [6.45, 7) is 1.12. The second-order valence-corrected chi connectivity index (χ2v) is 7.17. The molecule has 2 aromatic carbocycles. The van der Waals surface area contributed by atoms with Crippen LogP contribution in [0.2, 0.25) is 0 Å². The van der Waals surface area contributed by atoms with Crippen LogP contribution < -0.4 is 0 Å². The number of ether oxygens (including phenoxy) is 1. The smallest absolute Gasteiger partial charge is 0.305 e. The SMILES string of the molecule is O=C(O)CC1COCCN1C(=O)c1ccc(CSc2ccccc2)cc1. The van der Waals surface area contributed by atoms with Gasteiger partial charge in [0, 0.05) is 22.8 Å². The molecule has 1 aliphatic heterocycles. The number of benzene rings is 2. The van der Waals surface area contributed by atoms with Gasteiger partial charge in [0.1, 0.15) is 0 Å². The molecule has 1 unspecified atom stereocenters. The van der Waals surface area contributed by atoms with E-state index >= 15 is 0 Å². The quantitative estimate of drug-likeness (QED) is 0.789. The zero-order valence-electron chi connectivity index (χ0n) is 14.3. The Morgan fingerprint density at radius 1 is 1.12 bits per heavy atom. The van der Waals surface area contributed by atoms with Crippen LogP contribution in [0.5, 0.6) is 0 Å². The molecule has 1 fully saturated rings. The number of hydrogen-bond donors (Lipinski definition) is 1. The van der Waals surface area contributed by atoms with Crippen LogP contribution in [-0.2, 0) is 15.3 Å². The Balaban J connectivity index is 1.63. The van der Waals surface area contributed by atoms with Crippen LogP contribution in [0, 0.1) is 0 Å². The van der Waals surface area contributed by atoms with E-state index in [1.54, 1.807) is 16.7 Å². The van der Waals surface area contributed by atoms with Gasteiger partial charge in [0.15, 0.2) is 0 Å². The van der Waals surface area contributed by atoms with E-state index in [4.69, 9.17) is 9.84 Å². The molecular formula is C20H21NO4S. The Bertz CT molecular complexity index is 748.